The molecule has 0 aromatic heterocycles. The molecule has 1 amide bonds. The van der Waals surface area contributed by atoms with Gasteiger partial charge in [-0.05, 0) is 19.3 Å². The molecule has 2 N–H and O–H groups in total. The minimum atomic E-state index is -0.482. The van der Waals surface area contributed by atoms with Crippen molar-refractivity contribution in [3.8, 4) is 0 Å². The van der Waals surface area contributed by atoms with Gasteiger partial charge in [-0.25, -0.2) is 0 Å². The van der Waals surface area contributed by atoms with E-state index in [2.05, 4.69) is 6.92 Å². The summed E-state index contributed by atoms with van der Waals surface area (Å²) < 4.78 is 0. The molecule has 0 unspecified atom stereocenters. The summed E-state index contributed by atoms with van der Waals surface area (Å²) in [6.45, 7) is 2.87. The Labute approximate surface area is 67.5 Å². The van der Waals surface area contributed by atoms with Gasteiger partial charge in [-0.15, -0.1) is 0 Å². The van der Waals surface area contributed by atoms with Gasteiger partial charge in [0.2, 0.25) is 5.91 Å². The summed E-state index contributed by atoms with van der Waals surface area (Å²) in [5.74, 6) is 0.111. The summed E-state index contributed by atoms with van der Waals surface area (Å²) in [7, 11) is 1.82. The lowest BCUT2D eigenvalue weighted by Gasteiger charge is -2.19. The van der Waals surface area contributed by atoms with Crippen molar-refractivity contribution in [1.29, 1.82) is 0 Å². The zero-order valence-electron chi connectivity index (χ0n) is 7.26. The smallest absolute Gasteiger partial charge is 0.242 e. The molecule has 1 saturated carbocycles. The van der Waals surface area contributed by atoms with Crippen LogP contribution < -0.4 is 5.73 Å². The number of likely N-dealkylation sites (N-methyl/N-ethyl adjacent to an activating group) is 1. The molecule has 3 heteroatoms. The number of carbonyl (C=O) groups is 1. The third-order valence-corrected chi connectivity index (χ3v) is 2.12. The Balaban J connectivity index is 2.40. The molecule has 0 spiro atoms. The third-order valence-electron chi connectivity index (χ3n) is 2.12. The van der Waals surface area contributed by atoms with Crippen LogP contribution in [0.25, 0.3) is 0 Å². The highest BCUT2D eigenvalue weighted by atomic mass is 16.2. The van der Waals surface area contributed by atoms with Gasteiger partial charge in [-0.3, -0.25) is 4.79 Å². The fraction of sp³-hybridized carbons (Fsp3) is 0.875. The Morgan fingerprint density at radius 1 is 1.64 bits per heavy atom. The van der Waals surface area contributed by atoms with Crippen molar-refractivity contribution < 1.29 is 4.79 Å². The molecule has 0 saturated heterocycles. The number of hydrogen-bond donors (Lipinski definition) is 1. The lowest BCUT2D eigenvalue weighted by molar-refractivity contribution is -0.132. The van der Waals surface area contributed by atoms with E-state index in [0.29, 0.717) is 0 Å². The van der Waals surface area contributed by atoms with E-state index in [1.165, 1.54) is 0 Å². The number of nitrogens with zero attached hydrogens (tertiary/aromatic N) is 1. The molecule has 1 aliphatic carbocycles. The molecule has 64 valence electrons. The van der Waals surface area contributed by atoms with Gasteiger partial charge in [-0.2, -0.15) is 0 Å². The zero-order valence-corrected chi connectivity index (χ0v) is 7.26. The van der Waals surface area contributed by atoms with E-state index in [0.717, 1.165) is 25.8 Å². The quantitative estimate of drug-likeness (QED) is 0.640. The molecule has 1 aliphatic rings. The molecule has 11 heavy (non-hydrogen) atoms. The monoisotopic (exact) mass is 156 g/mol. The molecule has 0 aromatic carbocycles. The van der Waals surface area contributed by atoms with Crippen LogP contribution in [-0.2, 0) is 4.79 Å². The number of amides is 1. The van der Waals surface area contributed by atoms with E-state index < -0.39 is 5.54 Å². The Morgan fingerprint density at radius 3 is 2.55 bits per heavy atom. The maximum Gasteiger partial charge on any atom is 0.242 e. The predicted octanol–water partition coefficient (Wildman–Crippen LogP) is 0.346. The van der Waals surface area contributed by atoms with Crippen molar-refractivity contribution in [2.45, 2.75) is 31.7 Å². The maximum absolute atomic E-state index is 11.4. The van der Waals surface area contributed by atoms with E-state index in [9.17, 15) is 4.79 Å². The molecular weight excluding hydrogens is 140 g/mol. The first kappa shape index (κ1) is 8.53. The topological polar surface area (TPSA) is 46.3 Å². The Morgan fingerprint density at radius 2 is 2.18 bits per heavy atom. The number of carbonyl (C=O) groups excluding carboxylic acids is 1. The van der Waals surface area contributed by atoms with Crippen molar-refractivity contribution in [2.75, 3.05) is 13.6 Å². The SMILES string of the molecule is CCCN(C)C(=O)C1(N)CC1. The molecule has 0 aliphatic heterocycles. The first-order valence-corrected chi connectivity index (χ1v) is 4.14. The van der Waals surface area contributed by atoms with Gasteiger partial charge < -0.3 is 10.6 Å². The molecule has 0 radical (unpaired) electrons. The molecule has 3 nitrogen and oxygen atoms in total. The minimum Gasteiger partial charge on any atom is -0.344 e. The van der Waals surface area contributed by atoms with Gasteiger partial charge in [0.1, 0.15) is 0 Å². The van der Waals surface area contributed by atoms with Gasteiger partial charge in [0.15, 0.2) is 0 Å². The number of hydrogen-bond acceptors (Lipinski definition) is 2. The van der Waals surface area contributed by atoms with Gasteiger partial charge in [0, 0.05) is 13.6 Å². The lowest BCUT2D eigenvalue weighted by Crippen LogP contribution is -2.43. The summed E-state index contributed by atoms with van der Waals surface area (Å²) in [5, 5.41) is 0. The van der Waals surface area contributed by atoms with Crippen molar-refractivity contribution >= 4 is 5.91 Å². The van der Waals surface area contributed by atoms with Crippen LogP contribution in [0.3, 0.4) is 0 Å². The second-order valence-corrected chi connectivity index (χ2v) is 3.38. The van der Waals surface area contributed by atoms with Crippen LogP contribution in [0, 0.1) is 0 Å². The lowest BCUT2D eigenvalue weighted by atomic mass is 10.2. The maximum atomic E-state index is 11.4. The highest BCUT2D eigenvalue weighted by Gasteiger charge is 2.47. The standard InChI is InChI=1S/C8H16N2O/c1-3-6-10(2)7(11)8(9)4-5-8/h3-6,9H2,1-2H3. The summed E-state index contributed by atoms with van der Waals surface area (Å²) in [5.41, 5.74) is 5.25. The zero-order chi connectivity index (χ0) is 8.48. The highest BCUT2D eigenvalue weighted by Crippen LogP contribution is 2.33. The van der Waals surface area contributed by atoms with Gasteiger partial charge >= 0.3 is 0 Å². The molecule has 1 rings (SSSR count). The van der Waals surface area contributed by atoms with Gasteiger partial charge in [0.25, 0.3) is 0 Å². The second kappa shape index (κ2) is 2.81. The molecule has 1 fully saturated rings. The van der Waals surface area contributed by atoms with Crippen LogP contribution in [-0.4, -0.2) is 29.9 Å². The van der Waals surface area contributed by atoms with Crippen LogP contribution in [0.4, 0.5) is 0 Å². The average molecular weight is 156 g/mol. The van der Waals surface area contributed by atoms with Crippen molar-refractivity contribution in [3.05, 3.63) is 0 Å². The van der Waals surface area contributed by atoms with Crippen LogP contribution in [0.1, 0.15) is 26.2 Å². The summed E-state index contributed by atoms with van der Waals surface area (Å²) in [6.07, 6.45) is 2.72. The fourth-order valence-electron chi connectivity index (χ4n) is 1.17. The summed E-state index contributed by atoms with van der Waals surface area (Å²) >= 11 is 0. The van der Waals surface area contributed by atoms with Crippen LogP contribution in [0.2, 0.25) is 0 Å². The van der Waals surface area contributed by atoms with Crippen molar-refractivity contribution in [3.63, 3.8) is 0 Å². The van der Waals surface area contributed by atoms with E-state index in [1.807, 2.05) is 7.05 Å². The van der Waals surface area contributed by atoms with Crippen LogP contribution >= 0.6 is 0 Å². The van der Waals surface area contributed by atoms with Crippen molar-refractivity contribution in [1.82, 2.24) is 4.90 Å². The Hall–Kier alpha value is -0.570. The first-order valence-electron chi connectivity index (χ1n) is 4.14. The minimum absolute atomic E-state index is 0.111. The predicted molar refractivity (Wildman–Crippen MR) is 44.1 cm³/mol. The van der Waals surface area contributed by atoms with E-state index >= 15 is 0 Å². The van der Waals surface area contributed by atoms with Crippen LogP contribution in [0.5, 0.6) is 0 Å². The Kier molecular flexibility index (Phi) is 2.18. The normalized spacial score (nSPS) is 19.5. The highest BCUT2D eigenvalue weighted by molar-refractivity contribution is 5.88. The number of nitrogens with two attached hydrogens (primary N) is 1. The Bertz CT molecular complexity index is 163. The second-order valence-electron chi connectivity index (χ2n) is 3.38. The summed E-state index contributed by atoms with van der Waals surface area (Å²) in [4.78, 5) is 13.1. The first-order chi connectivity index (χ1) is 5.10. The van der Waals surface area contributed by atoms with E-state index in [1.54, 1.807) is 4.90 Å². The molecular formula is C8H16N2O. The van der Waals surface area contributed by atoms with Gasteiger partial charge in [0.05, 0.1) is 5.54 Å². The average Bonchev–Trinajstić information content (AvgIpc) is 2.68. The molecule has 0 atom stereocenters. The fourth-order valence-corrected chi connectivity index (χ4v) is 1.17. The van der Waals surface area contributed by atoms with Gasteiger partial charge in [-0.1, -0.05) is 6.92 Å². The third kappa shape index (κ3) is 1.71. The molecule has 0 heterocycles. The molecule has 0 aromatic rings. The largest absolute Gasteiger partial charge is 0.344 e. The van der Waals surface area contributed by atoms with Crippen molar-refractivity contribution in [2.24, 2.45) is 5.73 Å². The number of rotatable bonds is 3. The van der Waals surface area contributed by atoms with Crippen LogP contribution in [0.15, 0.2) is 0 Å². The van der Waals surface area contributed by atoms with E-state index in [4.69, 9.17) is 5.73 Å². The molecule has 0 bridgehead atoms. The van der Waals surface area contributed by atoms with E-state index in [-0.39, 0.29) is 5.91 Å². The summed E-state index contributed by atoms with van der Waals surface area (Å²) in [6, 6.07) is 0.